The van der Waals surface area contributed by atoms with E-state index < -0.39 is 11.7 Å². The van der Waals surface area contributed by atoms with E-state index in [0.717, 1.165) is 43.6 Å². The zero-order chi connectivity index (χ0) is 21.0. The highest BCUT2D eigenvalue weighted by Crippen LogP contribution is 2.35. The molecule has 2 saturated heterocycles. The second-order valence-electron chi connectivity index (χ2n) is 8.89. The van der Waals surface area contributed by atoms with E-state index in [1.165, 1.54) is 70.3 Å². The van der Waals surface area contributed by atoms with Crippen molar-refractivity contribution in [3.8, 4) is 0 Å². The van der Waals surface area contributed by atoms with Gasteiger partial charge in [0, 0.05) is 30.4 Å². The van der Waals surface area contributed by atoms with Gasteiger partial charge in [0.1, 0.15) is 0 Å². The Kier molecular flexibility index (Phi) is 6.81. The first-order valence-corrected chi connectivity index (χ1v) is 11.4. The van der Waals surface area contributed by atoms with Crippen LogP contribution in [0.3, 0.4) is 0 Å². The third kappa shape index (κ3) is 5.26. The minimum Gasteiger partial charge on any atom is -0.371 e. The molecule has 0 unspecified atom stereocenters. The molecule has 0 spiro atoms. The number of piperidine rings is 2. The number of unbranched alkanes of at least 4 members (excludes halogenated alkanes) is 1. The molecule has 2 fully saturated rings. The van der Waals surface area contributed by atoms with E-state index >= 15 is 0 Å². The number of pyridine rings is 1. The summed E-state index contributed by atoms with van der Waals surface area (Å²) in [5.74, 6) is 0.737. The molecule has 3 nitrogen and oxygen atoms in total. The summed E-state index contributed by atoms with van der Waals surface area (Å²) >= 11 is 0. The van der Waals surface area contributed by atoms with E-state index in [-0.39, 0.29) is 0 Å². The van der Waals surface area contributed by atoms with Crippen LogP contribution in [0.2, 0.25) is 0 Å². The van der Waals surface area contributed by atoms with Crippen LogP contribution in [0.5, 0.6) is 0 Å². The van der Waals surface area contributed by atoms with E-state index in [1.54, 1.807) is 6.20 Å². The summed E-state index contributed by atoms with van der Waals surface area (Å²) in [6, 6.07) is 5.72. The number of hydrogen-bond donors (Lipinski definition) is 0. The van der Waals surface area contributed by atoms with Gasteiger partial charge in [-0.15, -0.1) is 0 Å². The smallest absolute Gasteiger partial charge is 0.371 e. The lowest BCUT2D eigenvalue weighted by molar-refractivity contribution is -0.137. The third-order valence-electron chi connectivity index (χ3n) is 6.79. The first-order valence-electron chi connectivity index (χ1n) is 11.4. The van der Waals surface area contributed by atoms with Gasteiger partial charge in [-0.05, 0) is 81.9 Å². The first-order chi connectivity index (χ1) is 14.5. The van der Waals surface area contributed by atoms with Crippen molar-refractivity contribution >= 4 is 16.6 Å². The number of benzene rings is 1. The van der Waals surface area contributed by atoms with Crippen LogP contribution in [0, 0.1) is 5.92 Å². The molecule has 0 N–H and O–H groups in total. The van der Waals surface area contributed by atoms with Crippen LogP contribution in [-0.4, -0.2) is 42.6 Å². The summed E-state index contributed by atoms with van der Waals surface area (Å²) in [4.78, 5) is 9.12. The normalized spacial score (nSPS) is 19.5. The largest absolute Gasteiger partial charge is 0.416 e. The zero-order valence-corrected chi connectivity index (χ0v) is 17.6. The standard InChI is InChI=1S/C24H32F3N3/c25-24(26,27)20-7-8-22-21(18-20)23(9-12-28-22)30-16-10-19(11-17-30)6-2-5-15-29-13-3-1-4-14-29/h7-9,12,18-19H,1-6,10-11,13-17H2. The molecule has 164 valence electrons. The average Bonchev–Trinajstić information content (AvgIpc) is 2.76. The summed E-state index contributed by atoms with van der Waals surface area (Å²) in [6.07, 6.45) is 7.55. The maximum atomic E-state index is 13.2. The SMILES string of the molecule is FC(F)(F)c1ccc2nccc(N3CCC(CCCCN4CCCCC4)CC3)c2c1. The van der Waals surface area contributed by atoms with Crippen LogP contribution in [0.15, 0.2) is 30.5 Å². The summed E-state index contributed by atoms with van der Waals surface area (Å²) in [6.45, 7) is 5.60. The Hall–Kier alpha value is -1.82. The molecule has 1 aromatic heterocycles. The molecule has 0 aliphatic carbocycles. The van der Waals surface area contributed by atoms with Crippen molar-refractivity contribution in [3.63, 3.8) is 0 Å². The number of halogens is 3. The van der Waals surface area contributed by atoms with E-state index in [9.17, 15) is 13.2 Å². The van der Waals surface area contributed by atoms with E-state index in [2.05, 4.69) is 14.8 Å². The topological polar surface area (TPSA) is 19.4 Å². The van der Waals surface area contributed by atoms with E-state index in [1.807, 2.05) is 6.07 Å². The molecule has 2 aromatic rings. The fourth-order valence-corrected chi connectivity index (χ4v) is 5.00. The Labute approximate surface area is 177 Å². The lowest BCUT2D eigenvalue weighted by atomic mass is 9.91. The van der Waals surface area contributed by atoms with Gasteiger partial charge in [0.05, 0.1) is 11.1 Å². The molecule has 0 saturated carbocycles. The predicted molar refractivity (Wildman–Crippen MR) is 116 cm³/mol. The fraction of sp³-hybridized carbons (Fsp3) is 0.625. The van der Waals surface area contributed by atoms with Gasteiger partial charge >= 0.3 is 6.18 Å². The van der Waals surface area contributed by atoms with Crippen molar-refractivity contribution in [2.75, 3.05) is 37.6 Å². The number of fused-ring (bicyclic) bond motifs is 1. The Morgan fingerprint density at radius 1 is 0.933 bits per heavy atom. The molecule has 4 rings (SSSR count). The van der Waals surface area contributed by atoms with Gasteiger partial charge in [-0.2, -0.15) is 13.2 Å². The van der Waals surface area contributed by atoms with Gasteiger partial charge in [0.2, 0.25) is 0 Å². The molecule has 2 aliphatic rings. The number of anilines is 1. The second-order valence-corrected chi connectivity index (χ2v) is 8.89. The number of nitrogens with zero attached hydrogens (tertiary/aromatic N) is 3. The van der Waals surface area contributed by atoms with Crippen molar-refractivity contribution in [1.82, 2.24) is 9.88 Å². The van der Waals surface area contributed by atoms with Crippen molar-refractivity contribution < 1.29 is 13.2 Å². The van der Waals surface area contributed by atoms with Crippen LogP contribution < -0.4 is 4.90 Å². The molecular formula is C24H32F3N3. The highest BCUT2D eigenvalue weighted by atomic mass is 19.4. The van der Waals surface area contributed by atoms with Crippen molar-refractivity contribution in [3.05, 3.63) is 36.0 Å². The maximum absolute atomic E-state index is 13.2. The third-order valence-corrected chi connectivity index (χ3v) is 6.79. The van der Waals surface area contributed by atoms with Crippen molar-refractivity contribution in [2.24, 2.45) is 5.92 Å². The number of hydrogen-bond acceptors (Lipinski definition) is 3. The number of aromatic nitrogens is 1. The molecule has 0 atom stereocenters. The Morgan fingerprint density at radius 3 is 2.43 bits per heavy atom. The number of alkyl halides is 3. The van der Waals surface area contributed by atoms with Gasteiger partial charge in [-0.25, -0.2) is 0 Å². The lowest BCUT2D eigenvalue weighted by Crippen LogP contribution is -2.34. The van der Waals surface area contributed by atoms with Crippen LogP contribution >= 0.6 is 0 Å². The highest BCUT2D eigenvalue weighted by Gasteiger charge is 2.31. The molecule has 0 bridgehead atoms. The Morgan fingerprint density at radius 2 is 1.70 bits per heavy atom. The molecule has 2 aliphatic heterocycles. The summed E-state index contributed by atoms with van der Waals surface area (Å²) < 4.78 is 39.5. The van der Waals surface area contributed by atoms with Crippen molar-refractivity contribution in [1.29, 1.82) is 0 Å². The molecule has 3 heterocycles. The molecule has 6 heteroatoms. The molecule has 0 radical (unpaired) electrons. The van der Waals surface area contributed by atoms with Gasteiger partial charge < -0.3 is 9.80 Å². The van der Waals surface area contributed by atoms with Gasteiger partial charge in [-0.3, -0.25) is 4.98 Å². The Balaban J connectivity index is 1.31. The second kappa shape index (κ2) is 9.54. The zero-order valence-electron chi connectivity index (χ0n) is 17.6. The average molecular weight is 420 g/mol. The Bertz CT molecular complexity index is 822. The quantitative estimate of drug-likeness (QED) is 0.525. The first kappa shape index (κ1) is 21.4. The fourth-order valence-electron chi connectivity index (χ4n) is 5.00. The molecule has 1 aromatic carbocycles. The maximum Gasteiger partial charge on any atom is 0.416 e. The van der Waals surface area contributed by atoms with Crippen LogP contribution in [0.25, 0.3) is 10.9 Å². The van der Waals surface area contributed by atoms with Gasteiger partial charge in [0.25, 0.3) is 0 Å². The van der Waals surface area contributed by atoms with E-state index in [4.69, 9.17) is 0 Å². The molecule has 30 heavy (non-hydrogen) atoms. The van der Waals surface area contributed by atoms with Crippen LogP contribution in [0.4, 0.5) is 18.9 Å². The van der Waals surface area contributed by atoms with E-state index in [0.29, 0.717) is 10.9 Å². The van der Waals surface area contributed by atoms with Gasteiger partial charge in [0.15, 0.2) is 0 Å². The lowest BCUT2D eigenvalue weighted by Gasteiger charge is -2.34. The highest BCUT2D eigenvalue weighted by molar-refractivity contribution is 5.92. The minimum atomic E-state index is -4.33. The number of rotatable bonds is 6. The summed E-state index contributed by atoms with van der Waals surface area (Å²) in [7, 11) is 0. The molecule has 0 amide bonds. The van der Waals surface area contributed by atoms with Crippen molar-refractivity contribution in [2.45, 2.75) is 57.5 Å². The summed E-state index contributed by atoms with van der Waals surface area (Å²) in [5, 5.41) is 0.604. The van der Waals surface area contributed by atoms with Gasteiger partial charge in [-0.1, -0.05) is 19.3 Å². The van der Waals surface area contributed by atoms with Crippen LogP contribution in [-0.2, 0) is 6.18 Å². The molecular weight excluding hydrogens is 387 g/mol. The predicted octanol–water partition coefficient (Wildman–Crippen LogP) is 6.13. The minimum absolute atomic E-state index is 0.604. The summed E-state index contributed by atoms with van der Waals surface area (Å²) in [5.41, 5.74) is 0.905. The monoisotopic (exact) mass is 419 g/mol. The number of likely N-dealkylation sites (tertiary alicyclic amines) is 1. The van der Waals surface area contributed by atoms with Crippen LogP contribution in [0.1, 0.15) is 56.9 Å².